The van der Waals surface area contributed by atoms with Gasteiger partial charge in [0.25, 0.3) is 5.91 Å². The van der Waals surface area contributed by atoms with Crippen LogP contribution in [0.5, 0.6) is 17.2 Å². The Hall–Kier alpha value is -2.83. The lowest BCUT2D eigenvalue weighted by Crippen LogP contribution is -2.57. The minimum atomic E-state index is -4.81. The normalized spacial score (nSPS) is 18.7. The Morgan fingerprint density at radius 3 is 2.06 bits per heavy atom. The van der Waals surface area contributed by atoms with Crippen molar-refractivity contribution < 1.29 is 45.7 Å². The second-order valence-corrected chi connectivity index (χ2v) is 9.13. The number of hydrogen-bond donors (Lipinski definition) is 2. The quantitative estimate of drug-likeness (QED) is 0.601. The molecule has 0 radical (unpaired) electrons. The molecule has 2 atom stereocenters. The maximum Gasteiger partial charge on any atom is 0.573 e. The second-order valence-electron chi connectivity index (χ2n) is 7.14. The van der Waals surface area contributed by atoms with Gasteiger partial charge in [-0.15, -0.1) is 13.2 Å². The van der Waals surface area contributed by atoms with Crippen LogP contribution in [0.2, 0.25) is 0 Å². The van der Waals surface area contributed by atoms with Crippen LogP contribution < -0.4 is 15.2 Å². The van der Waals surface area contributed by atoms with Gasteiger partial charge in [0.1, 0.15) is 17.2 Å². The fourth-order valence-corrected chi connectivity index (χ4v) is 4.84. The molecule has 2 aromatic rings. The van der Waals surface area contributed by atoms with Gasteiger partial charge >= 0.3 is 6.36 Å². The minimum Gasteiger partial charge on any atom is -0.457 e. The van der Waals surface area contributed by atoms with Crippen molar-refractivity contribution >= 4 is 15.7 Å². The van der Waals surface area contributed by atoms with E-state index in [2.05, 4.69) is 4.74 Å². The smallest absolute Gasteiger partial charge is 0.457 e. The largest absolute Gasteiger partial charge is 0.573 e. The van der Waals surface area contributed by atoms with E-state index < -0.39 is 45.3 Å². The molecule has 0 saturated carbocycles. The average Bonchev–Trinajstić information content (AvgIpc) is 3.24. The molecular formula is C20H20F3NO7S. The SMILES string of the molecule is NC(=O)[C@@](O)(CS(=O)(=O)c1ccc(Oc2ccc(OC(F)(F)F)cc2)cc1)[C@H]1CCCO1. The van der Waals surface area contributed by atoms with E-state index in [1.54, 1.807) is 0 Å². The summed E-state index contributed by atoms with van der Waals surface area (Å²) in [5.41, 5.74) is 2.90. The van der Waals surface area contributed by atoms with Gasteiger partial charge in [-0.05, 0) is 61.4 Å². The number of benzene rings is 2. The highest BCUT2D eigenvalue weighted by atomic mass is 32.2. The molecule has 12 heteroatoms. The Labute approximate surface area is 181 Å². The summed E-state index contributed by atoms with van der Waals surface area (Å²) >= 11 is 0. The van der Waals surface area contributed by atoms with Crippen molar-refractivity contribution in [2.75, 3.05) is 12.4 Å². The lowest BCUT2D eigenvalue weighted by molar-refractivity contribution is -0.274. The minimum absolute atomic E-state index is 0.184. The lowest BCUT2D eigenvalue weighted by atomic mass is 9.96. The molecule has 174 valence electrons. The summed E-state index contributed by atoms with van der Waals surface area (Å²) < 4.78 is 76.7. The van der Waals surface area contributed by atoms with E-state index in [1.807, 2.05) is 0 Å². The van der Waals surface area contributed by atoms with E-state index in [0.29, 0.717) is 12.8 Å². The van der Waals surface area contributed by atoms with E-state index in [1.165, 1.54) is 36.4 Å². The van der Waals surface area contributed by atoms with Crippen LogP contribution in [0.15, 0.2) is 53.4 Å². The molecule has 1 saturated heterocycles. The van der Waals surface area contributed by atoms with E-state index in [4.69, 9.17) is 15.2 Å². The first kappa shape index (κ1) is 23.8. The fraction of sp³-hybridized carbons (Fsp3) is 0.350. The average molecular weight is 475 g/mol. The maximum atomic E-state index is 12.8. The second kappa shape index (κ2) is 8.96. The zero-order valence-electron chi connectivity index (χ0n) is 16.5. The molecule has 1 aliphatic heterocycles. The molecule has 3 N–H and O–H groups in total. The first-order valence-corrected chi connectivity index (χ1v) is 11.0. The van der Waals surface area contributed by atoms with Gasteiger partial charge < -0.3 is 25.1 Å². The van der Waals surface area contributed by atoms with Gasteiger partial charge in [-0.25, -0.2) is 8.42 Å². The molecule has 0 spiro atoms. The number of aliphatic hydroxyl groups is 1. The highest BCUT2D eigenvalue weighted by molar-refractivity contribution is 7.91. The summed E-state index contributed by atoms with van der Waals surface area (Å²) in [6, 6.07) is 9.70. The molecule has 0 aromatic heterocycles. The molecule has 1 amide bonds. The number of carbonyl (C=O) groups is 1. The van der Waals surface area contributed by atoms with Crippen molar-refractivity contribution in [3.8, 4) is 17.2 Å². The van der Waals surface area contributed by atoms with Gasteiger partial charge in [-0.2, -0.15) is 0 Å². The number of nitrogens with two attached hydrogens (primary N) is 1. The highest BCUT2D eigenvalue weighted by Gasteiger charge is 2.48. The number of ether oxygens (including phenoxy) is 3. The zero-order chi connectivity index (χ0) is 23.6. The van der Waals surface area contributed by atoms with Gasteiger partial charge in [0, 0.05) is 6.61 Å². The Morgan fingerprint density at radius 2 is 1.59 bits per heavy atom. The number of alkyl halides is 3. The summed E-state index contributed by atoms with van der Waals surface area (Å²) in [6.45, 7) is 0.287. The fourth-order valence-electron chi connectivity index (χ4n) is 3.21. The van der Waals surface area contributed by atoms with Gasteiger partial charge in [-0.1, -0.05) is 0 Å². The number of halogens is 3. The van der Waals surface area contributed by atoms with Crippen LogP contribution in [-0.4, -0.2) is 49.9 Å². The van der Waals surface area contributed by atoms with Gasteiger partial charge in [0.15, 0.2) is 15.4 Å². The monoisotopic (exact) mass is 475 g/mol. The predicted octanol–water partition coefficient (Wildman–Crippen LogP) is 2.55. The number of sulfone groups is 1. The van der Waals surface area contributed by atoms with Crippen molar-refractivity contribution in [1.29, 1.82) is 0 Å². The maximum absolute atomic E-state index is 12.8. The van der Waals surface area contributed by atoms with Crippen LogP contribution in [0, 0.1) is 0 Å². The third-order valence-corrected chi connectivity index (χ3v) is 6.59. The van der Waals surface area contributed by atoms with E-state index >= 15 is 0 Å². The van der Waals surface area contributed by atoms with Crippen molar-refractivity contribution in [2.45, 2.75) is 35.8 Å². The Bertz CT molecular complexity index is 1050. The topological polar surface area (TPSA) is 125 Å². The summed E-state index contributed by atoms with van der Waals surface area (Å²) in [4.78, 5) is 11.6. The van der Waals surface area contributed by atoms with Crippen LogP contribution >= 0.6 is 0 Å². The van der Waals surface area contributed by atoms with Crippen LogP contribution in [-0.2, 0) is 19.4 Å². The summed E-state index contributed by atoms with van der Waals surface area (Å²) in [5, 5.41) is 10.6. The number of amides is 1. The van der Waals surface area contributed by atoms with Crippen LogP contribution in [0.3, 0.4) is 0 Å². The Kier molecular flexibility index (Phi) is 6.67. The highest BCUT2D eigenvalue weighted by Crippen LogP contribution is 2.30. The number of primary amides is 1. The van der Waals surface area contributed by atoms with Gasteiger partial charge in [-0.3, -0.25) is 4.79 Å². The summed E-state index contributed by atoms with van der Waals surface area (Å²) in [6.07, 6.45) is -4.96. The molecule has 0 aliphatic carbocycles. The van der Waals surface area contributed by atoms with Crippen LogP contribution in [0.1, 0.15) is 12.8 Å². The summed E-state index contributed by atoms with van der Waals surface area (Å²) in [5.74, 6) is -2.15. The van der Waals surface area contributed by atoms with Gasteiger partial charge in [0.2, 0.25) is 0 Å². The predicted molar refractivity (Wildman–Crippen MR) is 105 cm³/mol. The number of hydrogen-bond acceptors (Lipinski definition) is 7. The standard InChI is InChI=1S/C20H20F3NO7S/c21-20(22,23)31-15-5-3-13(4-6-15)30-14-7-9-16(10-8-14)32(27,28)12-19(26,18(24)25)17-2-1-11-29-17/h3-10,17,26H,1-2,11-12H2,(H2,24,25)/t17-,19-/m1/s1. The molecule has 2 aromatic carbocycles. The van der Waals surface area contributed by atoms with Crippen molar-refractivity contribution in [1.82, 2.24) is 0 Å². The number of rotatable bonds is 8. The molecule has 1 fully saturated rings. The van der Waals surface area contributed by atoms with Crippen molar-refractivity contribution in [3.05, 3.63) is 48.5 Å². The molecule has 1 heterocycles. The molecule has 0 unspecified atom stereocenters. The number of carbonyl (C=O) groups excluding carboxylic acids is 1. The first-order chi connectivity index (χ1) is 14.9. The molecule has 3 rings (SSSR count). The van der Waals surface area contributed by atoms with E-state index in [9.17, 15) is 31.5 Å². The summed E-state index contributed by atoms with van der Waals surface area (Å²) in [7, 11) is -4.12. The third kappa shape index (κ3) is 5.69. The lowest BCUT2D eigenvalue weighted by Gasteiger charge is -2.29. The molecule has 1 aliphatic rings. The Morgan fingerprint density at radius 1 is 1.06 bits per heavy atom. The molecule has 8 nitrogen and oxygen atoms in total. The first-order valence-electron chi connectivity index (χ1n) is 9.39. The molecule has 0 bridgehead atoms. The zero-order valence-corrected chi connectivity index (χ0v) is 17.4. The Balaban J connectivity index is 1.71. The molecular weight excluding hydrogens is 455 g/mol. The van der Waals surface area contributed by atoms with Crippen LogP contribution in [0.25, 0.3) is 0 Å². The van der Waals surface area contributed by atoms with Crippen LogP contribution in [0.4, 0.5) is 13.2 Å². The van der Waals surface area contributed by atoms with Gasteiger partial charge in [0.05, 0.1) is 16.8 Å². The van der Waals surface area contributed by atoms with Crippen molar-refractivity contribution in [3.63, 3.8) is 0 Å². The van der Waals surface area contributed by atoms with E-state index in [-0.39, 0.29) is 23.0 Å². The van der Waals surface area contributed by atoms with E-state index in [0.717, 1.165) is 12.1 Å². The molecule has 32 heavy (non-hydrogen) atoms. The third-order valence-electron chi connectivity index (χ3n) is 4.77. The van der Waals surface area contributed by atoms with Crippen molar-refractivity contribution in [2.24, 2.45) is 5.73 Å².